The van der Waals surface area contributed by atoms with Gasteiger partial charge in [-0.2, -0.15) is 0 Å². The van der Waals surface area contributed by atoms with E-state index in [2.05, 4.69) is 132 Å². The normalized spacial score (nSPS) is 18.7. The molecule has 0 radical (unpaired) electrons. The van der Waals surface area contributed by atoms with E-state index in [1.54, 1.807) is 45.1 Å². The molecule has 3 aliphatic rings. The van der Waals surface area contributed by atoms with Crippen molar-refractivity contribution in [2.24, 2.45) is 5.41 Å². The first-order chi connectivity index (χ1) is 22.1. The summed E-state index contributed by atoms with van der Waals surface area (Å²) in [5.41, 5.74) is 14.4. The molecule has 1 heteroatoms. The number of hydrogen-bond acceptors (Lipinski definition) is 0. The van der Waals surface area contributed by atoms with Crippen LogP contribution in [0.4, 0.5) is 0 Å². The molecule has 1 unspecified atom stereocenters. The summed E-state index contributed by atoms with van der Waals surface area (Å²) in [4.78, 5) is 0. The molecule has 6 rings (SSSR count). The summed E-state index contributed by atoms with van der Waals surface area (Å²) in [5, 5.41) is 3.06. The number of aryl methyl sites for hydroxylation is 1. The standard InChI is InChI=1S/C31H39.C13H10.Zr/c1-6-13-26-28(14-7-2)31(10-5,19-8-3)30(23-15-11-12-16-23)27-21-24-20-22(9-4)17-18-25(24)29(26)27;1-3-7-12(8-4-1)11-13-9-5-2-6-10-13;/h11-12,15,17-18,20H,6-10,13-14,16,19H2,1-5H3;1-10H;. The fraction of sp³-hybridized carbons (Fsp3) is 0.341. The van der Waals surface area contributed by atoms with E-state index in [4.69, 9.17) is 0 Å². The van der Waals surface area contributed by atoms with E-state index in [9.17, 15) is 0 Å². The van der Waals surface area contributed by atoms with Crippen LogP contribution in [0.2, 0.25) is 0 Å². The van der Waals surface area contributed by atoms with E-state index in [1.807, 2.05) is 0 Å². The number of fused-ring (bicyclic) bond motifs is 2. The molecule has 0 aliphatic heterocycles. The second-order valence-corrected chi connectivity index (χ2v) is 16.0. The van der Waals surface area contributed by atoms with Gasteiger partial charge in [0, 0.05) is 0 Å². The third-order valence-electron chi connectivity index (χ3n) is 10.3. The van der Waals surface area contributed by atoms with Crippen molar-refractivity contribution in [3.05, 3.63) is 152 Å². The van der Waals surface area contributed by atoms with Crippen LogP contribution in [0.25, 0.3) is 8.85 Å². The molecule has 0 amide bonds. The Morgan fingerprint density at radius 2 is 1.42 bits per heavy atom. The molecule has 0 aromatic heterocycles. The monoisotopic (exact) mass is 667 g/mol. The third-order valence-corrected chi connectivity index (χ3v) is 14.2. The molecule has 45 heavy (non-hydrogen) atoms. The molecular formula is C44H49Zr. The average Bonchev–Trinajstić information content (AvgIpc) is 3.72. The van der Waals surface area contributed by atoms with Crippen LogP contribution in [0.1, 0.15) is 103 Å². The van der Waals surface area contributed by atoms with Crippen LogP contribution < -0.4 is 10.4 Å². The van der Waals surface area contributed by atoms with Gasteiger partial charge in [0.25, 0.3) is 0 Å². The zero-order valence-corrected chi connectivity index (χ0v) is 30.6. The summed E-state index contributed by atoms with van der Waals surface area (Å²) < 4.78 is 3.30. The second-order valence-electron chi connectivity index (χ2n) is 12.9. The van der Waals surface area contributed by atoms with E-state index in [1.165, 1.54) is 66.9 Å². The summed E-state index contributed by atoms with van der Waals surface area (Å²) >= 11 is -1.31. The number of rotatable bonds is 12. The van der Waals surface area contributed by atoms with Gasteiger partial charge in [-0.1, -0.05) is 0 Å². The van der Waals surface area contributed by atoms with Gasteiger partial charge in [-0.3, -0.25) is 0 Å². The third kappa shape index (κ3) is 5.80. The fourth-order valence-corrected chi connectivity index (χ4v) is 12.2. The summed E-state index contributed by atoms with van der Waals surface area (Å²) in [5.74, 6) is 0. The predicted molar refractivity (Wildman–Crippen MR) is 191 cm³/mol. The molecular weight excluding hydrogens is 620 g/mol. The van der Waals surface area contributed by atoms with Gasteiger partial charge in [0.1, 0.15) is 0 Å². The predicted octanol–water partition coefficient (Wildman–Crippen LogP) is 10.2. The zero-order chi connectivity index (χ0) is 31.4. The van der Waals surface area contributed by atoms with Crippen LogP contribution >= 0.6 is 0 Å². The van der Waals surface area contributed by atoms with Gasteiger partial charge < -0.3 is 0 Å². The second kappa shape index (κ2) is 14.3. The van der Waals surface area contributed by atoms with Crippen molar-refractivity contribution in [3.63, 3.8) is 0 Å². The SMILES string of the molecule is CCCC1=C(CCC)C(CC)(CCC)C(C2=CC=CC2)=C2[C]([Zr]=[C](c3ccccc3)c3ccccc3)=c3cc(CC)ccc3=C12. The van der Waals surface area contributed by atoms with Crippen molar-refractivity contribution in [3.8, 4) is 0 Å². The van der Waals surface area contributed by atoms with E-state index in [0.29, 0.717) is 0 Å². The van der Waals surface area contributed by atoms with Crippen molar-refractivity contribution in [2.45, 2.75) is 92.4 Å². The molecule has 0 heterocycles. The summed E-state index contributed by atoms with van der Waals surface area (Å²) in [6.07, 6.45) is 17.7. The van der Waals surface area contributed by atoms with Crippen LogP contribution in [-0.2, 0) is 29.2 Å². The molecule has 3 aromatic rings. The average molecular weight is 669 g/mol. The molecule has 229 valence electrons. The van der Waals surface area contributed by atoms with E-state index in [0.717, 1.165) is 12.8 Å². The Morgan fingerprint density at radius 1 is 0.733 bits per heavy atom. The Labute approximate surface area is 283 Å². The van der Waals surface area contributed by atoms with Crippen molar-refractivity contribution < 1.29 is 22.8 Å². The van der Waals surface area contributed by atoms with Crippen LogP contribution in [0, 0.1) is 5.41 Å². The molecule has 0 saturated carbocycles. The number of hydrogen-bond donors (Lipinski definition) is 0. The molecule has 3 aliphatic carbocycles. The Morgan fingerprint density at radius 3 is 1.98 bits per heavy atom. The summed E-state index contributed by atoms with van der Waals surface area (Å²) in [6, 6.07) is 30.1. The quantitative estimate of drug-likeness (QED) is 0.180. The molecule has 3 aromatic carbocycles. The molecule has 1 atom stereocenters. The Kier molecular flexibility index (Phi) is 10.2. The van der Waals surface area contributed by atoms with Gasteiger partial charge in [-0.25, -0.2) is 0 Å². The minimum atomic E-state index is -1.31. The summed E-state index contributed by atoms with van der Waals surface area (Å²) in [7, 11) is 0. The van der Waals surface area contributed by atoms with Gasteiger partial charge in [0.15, 0.2) is 0 Å². The van der Waals surface area contributed by atoms with Crippen LogP contribution in [0.15, 0.2) is 125 Å². The molecule has 0 nitrogen and oxygen atoms in total. The number of benzene rings is 3. The zero-order valence-electron chi connectivity index (χ0n) is 28.1. The van der Waals surface area contributed by atoms with Crippen molar-refractivity contribution in [1.29, 1.82) is 0 Å². The van der Waals surface area contributed by atoms with E-state index >= 15 is 0 Å². The first-order valence-electron chi connectivity index (χ1n) is 17.6. The topological polar surface area (TPSA) is 0 Å². The first kappa shape index (κ1) is 32.1. The van der Waals surface area contributed by atoms with Crippen LogP contribution in [0.5, 0.6) is 0 Å². The van der Waals surface area contributed by atoms with Gasteiger partial charge in [0.05, 0.1) is 0 Å². The van der Waals surface area contributed by atoms with Gasteiger partial charge in [-0.15, -0.1) is 0 Å². The molecule has 0 saturated heterocycles. The fourth-order valence-electron chi connectivity index (χ4n) is 8.34. The molecule has 0 N–H and O–H groups in total. The maximum absolute atomic E-state index is 2.59. The Balaban J connectivity index is 1.82. The summed E-state index contributed by atoms with van der Waals surface area (Å²) in [6.45, 7) is 12.0. The van der Waals surface area contributed by atoms with Gasteiger partial charge in [0.2, 0.25) is 0 Å². The van der Waals surface area contributed by atoms with Crippen LogP contribution in [0.3, 0.4) is 0 Å². The number of allylic oxidation sites excluding steroid dienone is 8. The molecule has 0 bridgehead atoms. The van der Waals surface area contributed by atoms with Crippen molar-refractivity contribution in [1.82, 2.24) is 0 Å². The van der Waals surface area contributed by atoms with Crippen molar-refractivity contribution in [2.75, 3.05) is 0 Å². The molecule has 0 spiro atoms. The first-order valence-corrected chi connectivity index (χ1v) is 20.0. The van der Waals surface area contributed by atoms with Gasteiger partial charge in [-0.05, 0) is 0 Å². The molecule has 0 fully saturated rings. The van der Waals surface area contributed by atoms with Crippen molar-refractivity contribution >= 4 is 12.1 Å². The Bertz CT molecular complexity index is 1800. The maximum atomic E-state index is 2.59. The Hall–Kier alpha value is -2.89. The van der Waals surface area contributed by atoms with E-state index < -0.39 is 22.8 Å². The van der Waals surface area contributed by atoms with Gasteiger partial charge >= 0.3 is 285 Å². The van der Waals surface area contributed by atoms with E-state index in [-0.39, 0.29) is 5.41 Å². The minimum absolute atomic E-state index is 0.103. The van der Waals surface area contributed by atoms with Crippen LogP contribution in [-0.4, -0.2) is 3.21 Å².